The van der Waals surface area contributed by atoms with Crippen LogP contribution in [0.4, 0.5) is 0 Å². The number of carbonyl (C=O) groups is 1. The number of nitrogens with one attached hydrogen (secondary N) is 1. The Hall–Kier alpha value is -2.67. The Kier molecular flexibility index (Phi) is 7.19. The van der Waals surface area contributed by atoms with Crippen molar-refractivity contribution in [3.63, 3.8) is 0 Å². The highest BCUT2D eigenvalue weighted by Crippen LogP contribution is 2.24. The molecule has 3 rings (SSSR count). The second kappa shape index (κ2) is 10.0. The van der Waals surface area contributed by atoms with Crippen molar-refractivity contribution in [2.24, 2.45) is 5.92 Å². The Balaban J connectivity index is 1.75. The standard InChI is InChI=1S/C21H25N5OS/c1-16(2)8-13-23-19(27)15-28-21-25-24-20(18-9-11-22-12-10-18)26(21)14-17-6-4-3-5-7-17/h3-7,9-12,16H,8,13-15H2,1-2H3,(H,23,27). The summed E-state index contributed by atoms with van der Waals surface area (Å²) in [6, 6.07) is 14.0. The van der Waals surface area contributed by atoms with Crippen LogP contribution < -0.4 is 5.32 Å². The van der Waals surface area contributed by atoms with Gasteiger partial charge in [-0.05, 0) is 30.0 Å². The minimum atomic E-state index is 0.0189. The van der Waals surface area contributed by atoms with Gasteiger partial charge in [-0.2, -0.15) is 0 Å². The average molecular weight is 396 g/mol. The van der Waals surface area contributed by atoms with Crippen LogP contribution in [0, 0.1) is 5.92 Å². The third kappa shape index (κ3) is 5.66. The van der Waals surface area contributed by atoms with E-state index in [-0.39, 0.29) is 5.91 Å². The molecule has 0 fully saturated rings. The fourth-order valence-electron chi connectivity index (χ4n) is 2.70. The number of hydrogen-bond donors (Lipinski definition) is 1. The molecule has 146 valence electrons. The summed E-state index contributed by atoms with van der Waals surface area (Å²) in [5.74, 6) is 1.69. The Morgan fingerprint density at radius 1 is 1.11 bits per heavy atom. The Labute approximate surface area is 169 Å². The van der Waals surface area contributed by atoms with Gasteiger partial charge < -0.3 is 5.32 Å². The van der Waals surface area contributed by atoms with Crippen molar-refractivity contribution in [1.82, 2.24) is 25.1 Å². The van der Waals surface area contributed by atoms with Crippen molar-refractivity contribution < 1.29 is 4.79 Å². The summed E-state index contributed by atoms with van der Waals surface area (Å²) in [4.78, 5) is 16.2. The smallest absolute Gasteiger partial charge is 0.230 e. The van der Waals surface area contributed by atoms with Gasteiger partial charge in [-0.1, -0.05) is 55.9 Å². The van der Waals surface area contributed by atoms with E-state index in [2.05, 4.69) is 51.0 Å². The van der Waals surface area contributed by atoms with Crippen LogP contribution in [0.3, 0.4) is 0 Å². The first-order valence-electron chi connectivity index (χ1n) is 9.40. The molecule has 2 aromatic heterocycles. The number of amides is 1. The molecule has 7 heteroatoms. The van der Waals surface area contributed by atoms with Gasteiger partial charge in [0.2, 0.25) is 5.91 Å². The van der Waals surface area contributed by atoms with Gasteiger partial charge in [0.05, 0.1) is 12.3 Å². The molecule has 1 amide bonds. The number of hydrogen-bond acceptors (Lipinski definition) is 5. The zero-order valence-corrected chi connectivity index (χ0v) is 17.0. The van der Waals surface area contributed by atoms with Gasteiger partial charge in [-0.15, -0.1) is 10.2 Å². The van der Waals surface area contributed by atoms with Crippen LogP contribution in [0.25, 0.3) is 11.4 Å². The number of benzene rings is 1. The third-order valence-electron chi connectivity index (χ3n) is 4.22. The van der Waals surface area contributed by atoms with Crippen LogP contribution in [-0.4, -0.2) is 38.0 Å². The Bertz CT molecular complexity index is 880. The van der Waals surface area contributed by atoms with Gasteiger partial charge in [0, 0.05) is 24.5 Å². The summed E-state index contributed by atoms with van der Waals surface area (Å²) in [7, 11) is 0. The number of rotatable bonds is 9. The molecule has 0 unspecified atom stereocenters. The van der Waals surface area contributed by atoms with E-state index >= 15 is 0 Å². The molecule has 28 heavy (non-hydrogen) atoms. The highest BCUT2D eigenvalue weighted by molar-refractivity contribution is 7.99. The molecule has 0 aliphatic heterocycles. The zero-order valence-electron chi connectivity index (χ0n) is 16.2. The first kappa shape index (κ1) is 20.1. The van der Waals surface area contributed by atoms with Gasteiger partial charge >= 0.3 is 0 Å². The molecule has 6 nitrogen and oxygen atoms in total. The van der Waals surface area contributed by atoms with Gasteiger partial charge in [0.15, 0.2) is 11.0 Å². The van der Waals surface area contributed by atoms with Crippen LogP contribution in [0.15, 0.2) is 60.0 Å². The zero-order chi connectivity index (χ0) is 19.8. The number of pyridine rings is 1. The first-order chi connectivity index (χ1) is 13.6. The van der Waals surface area contributed by atoms with Gasteiger partial charge in [-0.25, -0.2) is 0 Å². The molecule has 1 N–H and O–H groups in total. The number of carbonyl (C=O) groups excluding carboxylic acids is 1. The van der Waals surface area contributed by atoms with Crippen LogP contribution in [0.5, 0.6) is 0 Å². The molecule has 0 spiro atoms. The fraction of sp³-hybridized carbons (Fsp3) is 0.333. The van der Waals surface area contributed by atoms with Gasteiger partial charge in [0.1, 0.15) is 0 Å². The van der Waals surface area contributed by atoms with Crippen LogP contribution in [-0.2, 0) is 11.3 Å². The third-order valence-corrected chi connectivity index (χ3v) is 5.18. The maximum atomic E-state index is 12.1. The summed E-state index contributed by atoms with van der Waals surface area (Å²) in [5.41, 5.74) is 2.10. The van der Waals surface area contributed by atoms with Crippen molar-refractivity contribution in [3.05, 3.63) is 60.4 Å². The maximum absolute atomic E-state index is 12.1. The van der Waals surface area contributed by atoms with Crippen molar-refractivity contribution in [1.29, 1.82) is 0 Å². The van der Waals surface area contributed by atoms with E-state index in [1.807, 2.05) is 30.3 Å². The predicted octanol–water partition coefficient (Wildman–Crippen LogP) is 3.64. The van der Waals surface area contributed by atoms with Crippen molar-refractivity contribution in [2.75, 3.05) is 12.3 Å². The summed E-state index contributed by atoms with van der Waals surface area (Å²) in [6.07, 6.45) is 4.46. The molecule has 2 heterocycles. The van der Waals surface area contributed by atoms with E-state index in [1.54, 1.807) is 12.4 Å². The summed E-state index contributed by atoms with van der Waals surface area (Å²) in [6.45, 7) is 5.64. The first-order valence-corrected chi connectivity index (χ1v) is 10.4. The van der Waals surface area contributed by atoms with Crippen molar-refractivity contribution in [2.45, 2.75) is 32.0 Å². The molecule has 3 aromatic rings. The van der Waals surface area contributed by atoms with Crippen LogP contribution in [0.1, 0.15) is 25.8 Å². The van der Waals surface area contributed by atoms with Gasteiger partial charge in [0.25, 0.3) is 0 Å². The van der Waals surface area contributed by atoms with Gasteiger partial charge in [-0.3, -0.25) is 14.3 Å². The molecule has 0 atom stereocenters. The molecule has 0 aliphatic rings. The Morgan fingerprint density at radius 2 is 1.86 bits per heavy atom. The van der Waals surface area contributed by atoms with E-state index in [4.69, 9.17) is 0 Å². The minimum Gasteiger partial charge on any atom is -0.355 e. The van der Waals surface area contributed by atoms with Crippen molar-refractivity contribution >= 4 is 17.7 Å². The lowest BCUT2D eigenvalue weighted by Crippen LogP contribution is -2.27. The monoisotopic (exact) mass is 395 g/mol. The quantitative estimate of drug-likeness (QED) is 0.560. The molecular weight excluding hydrogens is 370 g/mol. The number of thioether (sulfide) groups is 1. The predicted molar refractivity (Wildman–Crippen MR) is 112 cm³/mol. The topological polar surface area (TPSA) is 72.7 Å². The summed E-state index contributed by atoms with van der Waals surface area (Å²) >= 11 is 1.41. The average Bonchev–Trinajstić information content (AvgIpc) is 3.10. The lowest BCUT2D eigenvalue weighted by Gasteiger charge is -2.11. The van der Waals surface area contributed by atoms with E-state index in [9.17, 15) is 4.79 Å². The number of nitrogens with zero attached hydrogens (tertiary/aromatic N) is 4. The normalized spacial score (nSPS) is 11.0. The summed E-state index contributed by atoms with van der Waals surface area (Å²) in [5, 5.41) is 12.4. The largest absolute Gasteiger partial charge is 0.355 e. The van der Waals surface area contributed by atoms with E-state index < -0.39 is 0 Å². The summed E-state index contributed by atoms with van der Waals surface area (Å²) < 4.78 is 2.05. The van der Waals surface area contributed by atoms with E-state index in [0.29, 0.717) is 24.8 Å². The molecular formula is C21H25N5OS. The fourth-order valence-corrected chi connectivity index (χ4v) is 3.47. The molecule has 0 saturated heterocycles. The molecule has 0 aliphatic carbocycles. The SMILES string of the molecule is CC(C)CCNC(=O)CSc1nnc(-c2ccncc2)n1Cc1ccccc1. The van der Waals surface area contributed by atoms with E-state index in [0.717, 1.165) is 28.5 Å². The maximum Gasteiger partial charge on any atom is 0.230 e. The molecule has 0 saturated carbocycles. The van der Waals surface area contributed by atoms with Crippen molar-refractivity contribution in [3.8, 4) is 11.4 Å². The lowest BCUT2D eigenvalue weighted by molar-refractivity contribution is -0.118. The highest BCUT2D eigenvalue weighted by atomic mass is 32.2. The second-order valence-electron chi connectivity index (χ2n) is 6.93. The van der Waals surface area contributed by atoms with E-state index in [1.165, 1.54) is 11.8 Å². The molecule has 0 bridgehead atoms. The lowest BCUT2D eigenvalue weighted by atomic mass is 10.1. The highest BCUT2D eigenvalue weighted by Gasteiger charge is 2.16. The minimum absolute atomic E-state index is 0.0189. The molecule has 1 aromatic carbocycles. The Morgan fingerprint density at radius 3 is 2.57 bits per heavy atom. The number of aromatic nitrogens is 4. The van der Waals surface area contributed by atoms with Crippen LogP contribution >= 0.6 is 11.8 Å². The molecule has 0 radical (unpaired) electrons. The second-order valence-corrected chi connectivity index (χ2v) is 7.88. The van der Waals surface area contributed by atoms with Crippen LogP contribution in [0.2, 0.25) is 0 Å².